The van der Waals surface area contributed by atoms with E-state index < -0.39 is 12.1 Å². The molecule has 1 aromatic heterocycles. The molecule has 0 fully saturated rings. The molecule has 0 amide bonds. The fourth-order valence-electron chi connectivity index (χ4n) is 3.13. The molecule has 1 aromatic carbocycles. The molecule has 2 atom stereocenters. The summed E-state index contributed by atoms with van der Waals surface area (Å²) in [7, 11) is 0. The second-order valence-electron chi connectivity index (χ2n) is 6.20. The highest BCUT2D eigenvalue weighted by Crippen LogP contribution is 2.32. The molecule has 0 bridgehead atoms. The van der Waals surface area contributed by atoms with Crippen LogP contribution in [-0.4, -0.2) is 29.3 Å². The Kier molecular flexibility index (Phi) is 5.56. The van der Waals surface area contributed by atoms with Crippen LogP contribution in [0.15, 0.2) is 30.3 Å². The summed E-state index contributed by atoms with van der Waals surface area (Å²) in [5, 5.41) is 23.3. The third-order valence-electron chi connectivity index (χ3n) is 4.40. The number of halogens is 1. The molecule has 3 rings (SSSR count). The van der Waals surface area contributed by atoms with Gasteiger partial charge in [-0.25, -0.2) is 4.79 Å². The summed E-state index contributed by atoms with van der Waals surface area (Å²) < 4.78 is 0. The first-order valence-electron chi connectivity index (χ1n) is 8.02. The molecule has 24 heavy (non-hydrogen) atoms. The Balaban J connectivity index is 1.50. The minimum atomic E-state index is -0.839. The van der Waals surface area contributed by atoms with Crippen LogP contribution < -0.4 is 5.32 Å². The SMILES string of the molecule is O=C(O)c1cc2c(s1)CCC(CNC[C@H](O)c1cccc(Cl)c1)C2. The van der Waals surface area contributed by atoms with Gasteiger partial charge in [0.15, 0.2) is 0 Å². The Bertz CT molecular complexity index is 731. The van der Waals surface area contributed by atoms with Gasteiger partial charge in [0, 0.05) is 16.4 Å². The Morgan fingerprint density at radius 1 is 1.42 bits per heavy atom. The van der Waals surface area contributed by atoms with Crippen LogP contribution in [0.4, 0.5) is 0 Å². The lowest BCUT2D eigenvalue weighted by atomic mass is 9.88. The third kappa shape index (κ3) is 4.16. The van der Waals surface area contributed by atoms with Gasteiger partial charge in [-0.3, -0.25) is 0 Å². The van der Waals surface area contributed by atoms with E-state index in [0.717, 1.165) is 31.4 Å². The summed E-state index contributed by atoms with van der Waals surface area (Å²) >= 11 is 7.34. The van der Waals surface area contributed by atoms with Gasteiger partial charge in [-0.2, -0.15) is 0 Å². The molecule has 0 saturated heterocycles. The molecule has 128 valence electrons. The van der Waals surface area contributed by atoms with Gasteiger partial charge in [-0.1, -0.05) is 23.7 Å². The van der Waals surface area contributed by atoms with E-state index in [0.29, 0.717) is 22.4 Å². The molecule has 1 heterocycles. The van der Waals surface area contributed by atoms with Crippen LogP contribution in [-0.2, 0) is 12.8 Å². The van der Waals surface area contributed by atoms with E-state index in [4.69, 9.17) is 16.7 Å². The smallest absolute Gasteiger partial charge is 0.345 e. The van der Waals surface area contributed by atoms with E-state index in [1.54, 1.807) is 12.1 Å². The summed E-state index contributed by atoms with van der Waals surface area (Å²) in [6.45, 7) is 1.29. The van der Waals surface area contributed by atoms with Gasteiger partial charge in [0.1, 0.15) is 4.88 Å². The van der Waals surface area contributed by atoms with Crippen molar-refractivity contribution in [3.8, 4) is 0 Å². The van der Waals surface area contributed by atoms with Crippen LogP contribution in [0, 0.1) is 5.92 Å². The van der Waals surface area contributed by atoms with Crippen LogP contribution in [0.25, 0.3) is 0 Å². The maximum absolute atomic E-state index is 11.1. The molecule has 1 unspecified atom stereocenters. The van der Waals surface area contributed by atoms with Crippen LogP contribution >= 0.6 is 22.9 Å². The van der Waals surface area contributed by atoms with Crippen LogP contribution in [0.1, 0.15) is 38.2 Å². The van der Waals surface area contributed by atoms with Crippen molar-refractivity contribution in [1.82, 2.24) is 5.32 Å². The molecular formula is C18H20ClNO3S. The Morgan fingerprint density at radius 3 is 3.00 bits per heavy atom. The number of aromatic carboxylic acids is 1. The highest BCUT2D eigenvalue weighted by molar-refractivity contribution is 7.14. The third-order valence-corrected chi connectivity index (χ3v) is 5.86. The highest BCUT2D eigenvalue weighted by atomic mass is 35.5. The van der Waals surface area contributed by atoms with Crippen LogP contribution in [0.5, 0.6) is 0 Å². The minimum Gasteiger partial charge on any atom is -0.477 e. The van der Waals surface area contributed by atoms with Crippen molar-refractivity contribution in [2.75, 3.05) is 13.1 Å². The summed E-state index contributed by atoms with van der Waals surface area (Å²) in [4.78, 5) is 12.7. The van der Waals surface area contributed by atoms with Gasteiger partial charge in [-0.05, 0) is 61.1 Å². The minimum absolute atomic E-state index is 0.435. The first-order chi connectivity index (χ1) is 11.5. The molecule has 0 aliphatic heterocycles. The number of nitrogens with one attached hydrogen (secondary N) is 1. The summed E-state index contributed by atoms with van der Waals surface area (Å²) in [6.07, 6.45) is 2.31. The van der Waals surface area contributed by atoms with Crippen molar-refractivity contribution in [2.45, 2.75) is 25.4 Å². The molecule has 2 aromatic rings. The quantitative estimate of drug-likeness (QED) is 0.732. The highest BCUT2D eigenvalue weighted by Gasteiger charge is 2.22. The average molecular weight is 366 g/mol. The van der Waals surface area contributed by atoms with Crippen LogP contribution in [0.3, 0.4) is 0 Å². The zero-order valence-corrected chi connectivity index (χ0v) is 14.7. The summed E-state index contributed by atoms with van der Waals surface area (Å²) in [5.41, 5.74) is 1.98. The van der Waals surface area contributed by atoms with Gasteiger partial charge < -0.3 is 15.5 Å². The predicted molar refractivity (Wildman–Crippen MR) is 96.1 cm³/mol. The molecule has 3 N–H and O–H groups in total. The number of carboxylic acid groups (broad SMARTS) is 1. The fraction of sp³-hybridized carbons (Fsp3) is 0.389. The number of aliphatic hydroxyl groups is 1. The van der Waals surface area contributed by atoms with Crippen molar-refractivity contribution in [1.29, 1.82) is 0 Å². The zero-order chi connectivity index (χ0) is 17.1. The van der Waals surface area contributed by atoms with Gasteiger partial charge in [0.05, 0.1) is 6.10 Å². The van der Waals surface area contributed by atoms with Crippen LogP contribution in [0.2, 0.25) is 5.02 Å². The number of aryl methyl sites for hydroxylation is 1. The maximum Gasteiger partial charge on any atom is 0.345 e. The van der Waals surface area contributed by atoms with E-state index in [1.165, 1.54) is 21.8 Å². The normalized spacial score (nSPS) is 18.2. The number of carboxylic acids is 1. The summed E-state index contributed by atoms with van der Waals surface area (Å²) in [5.74, 6) is -0.367. The lowest BCUT2D eigenvalue weighted by Crippen LogP contribution is -2.30. The van der Waals surface area contributed by atoms with Gasteiger partial charge in [0.25, 0.3) is 0 Å². The van der Waals surface area contributed by atoms with Gasteiger partial charge in [0.2, 0.25) is 0 Å². The van der Waals surface area contributed by atoms with Crippen molar-refractivity contribution in [3.05, 3.63) is 56.2 Å². The molecule has 0 radical (unpaired) electrons. The molecular weight excluding hydrogens is 346 g/mol. The first kappa shape index (κ1) is 17.4. The molecule has 1 aliphatic carbocycles. The molecule has 6 heteroatoms. The summed E-state index contributed by atoms with van der Waals surface area (Å²) in [6, 6.07) is 9.08. The van der Waals surface area contributed by atoms with Crippen molar-refractivity contribution in [2.24, 2.45) is 5.92 Å². The number of aliphatic hydroxyl groups excluding tert-OH is 1. The number of fused-ring (bicyclic) bond motifs is 1. The van der Waals surface area contributed by atoms with Crippen molar-refractivity contribution in [3.63, 3.8) is 0 Å². The van der Waals surface area contributed by atoms with E-state index >= 15 is 0 Å². The first-order valence-corrected chi connectivity index (χ1v) is 9.21. The lowest BCUT2D eigenvalue weighted by molar-refractivity contribution is 0.0702. The average Bonchev–Trinajstić information content (AvgIpc) is 2.98. The number of rotatable bonds is 6. The number of hydrogen-bond acceptors (Lipinski definition) is 4. The van der Waals surface area contributed by atoms with Gasteiger partial charge in [-0.15, -0.1) is 11.3 Å². The zero-order valence-electron chi connectivity index (χ0n) is 13.2. The van der Waals surface area contributed by atoms with E-state index in [9.17, 15) is 9.90 Å². The second-order valence-corrected chi connectivity index (χ2v) is 7.78. The molecule has 1 aliphatic rings. The topological polar surface area (TPSA) is 69.6 Å². The number of hydrogen-bond donors (Lipinski definition) is 3. The van der Waals surface area contributed by atoms with Crippen molar-refractivity contribution >= 4 is 28.9 Å². The Hall–Kier alpha value is -1.40. The molecule has 0 saturated carbocycles. The maximum atomic E-state index is 11.1. The van der Waals surface area contributed by atoms with Gasteiger partial charge >= 0.3 is 5.97 Å². The number of thiophene rings is 1. The van der Waals surface area contributed by atoms with E-state index in [-0.39, 0.29) is 0 Å². The van der Waals surface area contributed by atoms with E-state index in [1.807, 2.05) is 18.2 Å². The fourth-order valence-corrected chi connectivity index (χ4v) is 4.38. The Morgan fingerprint density at radius 2 is 2.25 bits per heavy atom. The Labute approximate surface area is 150 Å². The standard InChI is InChI=1S/C18H20ClNO3S/c19-14-3-1-2-12(7-14)15(21)10-20-9-11-4-5-16-13(6-11)8-17(24-16)18(22)23/h1-3,7-8,11,15,20-21H,4-6,9-10H2,(H,22,23)/t11?,15-/m0/s1. The number of carbonyl (C=O) groups is 1. The molecule has 4 nitrogen and oxygen atoms in total. The van der Waals surface area contributed by atoms with E-state index in [2.05, 4.69) is 5.32 Å². The number of benzene rings is 1. The predicted octanol–water partition coefficient (Wildman–Crippen LogP) is 3.53. The van der Waals surface area contributed by atoms with Crippen molar-refractivity contribution < 1.29 is 15.0 Å². The second kappa shape index (κ2) is 7.66. The molecule has 0 spiro atoms. The lowest BCUT2D eigenvalue weighted by Gasteiger charge is -2.23. The monoisotopic (exact) mass is 365 g/mol. The largest absolute Gasteiger partial charge is 0.477 e.